The Bertz CT molecular complexity index is 604. The number of carbonyl (C=O) groups is 1. The minimum atomic E-state index is -3.72. The van der Waals surface area contributed by atoms with E-state index in [9.17, 15) is 29.5 Å². The Labute approximate surface area is 119 Å². The first-order chi connectivity index (χ1) is 9.62. The van der Waals surface area contributed by atoms with Crippen molar-refractivity contribution in [1.29, 1.82) is 0 Å². The largest absolute Gasteiger partial charge is 0.502 e. The molecule has 1 unspecified atom stereocenters. The van der Waals surface area contributed by atoms with Gasteiger partial charge in [-0.15, -0.1) is 0 Å². The maximum Gasteiger partial charge on any atom is 0.320 e. The van der Waals surface area contributed by atoms with Crippen LogP contribution >= 0.6 is 7.37 Å². The number of rotatable bonds is 7. The summed E-state index contributed by atoms with van der Waals surface area (Å²) in [4.78, 5) is 30.2. The second-order valence-corrected chi connectivity index (χ2v) is 7.00. The van der Waals surface area contributed by atoms with Gasteiger partial charge in [0.15, 0.2) is 5.75 Å². The molecule has 0 bridgehead atoms. The van der Waals surface area contributed by atoms with E-state index < -0.39 is 35.7 Å². The number of hydrogen-bond acceptors (Lipinski definition) is 6. The van der Waals surface area contributed by atoms with Crippen LogP contribution in [0.1, 0.15) is 12.0 Å². The van der Waals surface area contributed by atoms with Crippen LogP contribution in [0, 0.1) is 10.1 Å². The molecule has 0 aliphatic rings. The highest BCUT2D eigenvalue weighted by molar-refractivity contribution is 7.57. The van der Waals surface area contributed by atoms with Gasteiger partial charge in [-0.25, -0.2) is 0 Å². The van der Waals surface area contributed by atoms with E-state index >= 15 is 0 Å². The fraction of sp³-hybridized carbons (Fsp3) is 0.364. The highest BCUT2D eigenvalue weighted by Gasteiger charge is 2.24. The van der Waals surface area contributed by atoms with Gasteiger partial charge in [-0.3, -0.25) is 19.5 Å². The lowest BCUT2D eigenvalue weighted by Gasteiger charge is -2.13. The summed E-state index contributed by atoms with van der Waals surface area (Å²) in [5.74, 6) is -1.81. The van der Waals surface area contributed by atoms with Gasteiger partial charge in [0.2, 0.25) is 7.37 Å². The number of carboxylic acid groups (broad SMARTS) is 1. The number of phenols is 1. The normalized spacial score (nSPS) is 15.1. The number of carboxylic acids is 1. The Kier molecular flexibility index (Phi) is 5.42. The molecule has 0 spiro atoms. The van der Waals surface area contributed by atoms with Crippen LogP contribution in [0.25, 0.3) is 0 Å². The lowest BCUT2D eigenvalue weighted by molar-refractivity contribution is -0.385. The Hall–Kier alpha value is -1.96. The van der Waals surface area contributed by atoms with Crippen LogP contribution < -0.4 is 5.73 Å². The molecule has 1 aromatic carbocycles. The van der Waals surface area contributed by atoms with Crippen molar-refractivity contribution in [2.45, 2.75) is 18.6 Å². The molecule has 5 N–H and O–H groups in total. The number of aromatic hydroxyl groups is 1. The van der Waals surface area contributed by atoms with Gasteiger partial charge in [-0.05, 0) is 18.1 Å². The molecule has 1 rings (SSSR count). The molecule has 10 heteroatoms. The van der Waals surface area contributed by atoms with Crippen LogP contribution in [0.5, 0.6) is 5.75 Å². The highest BCUT2D eigenvalue weighted by Crippen LogP contribution is 2.46. The second kappa shape index (κ2) is 6.66. The number of hydrogen-bond donors (Lipinski definition) is 4. The number of benzene rings is 1. The van der Waals surface area contributed by atoms with Crippen molar-refractivity contribution in [3.63, 3.8) is 0 Å². The molecule has 0 heterocycles. The predicted octanol–water partition coefficient (Wildman–Crippen LogP) is 0.873. The predicted molar refractivity (Wildman–Crippen MR) is 73.4 cm³/mol. The van der Waals surface area contributed by atoms with Crippen molar-refractivity contribution in [3.8, 4) is 5.75 Å². The third-order valence-corrected chi connectivity index (χ3v) is 4.59. The van der Waals surface area contributed by atoms with Crippen molar-refractivity contribution in [2.24, 2.45) is 5.73 Å². The zero-order valence-electron chi connectivity index (χ0n) is 10.9. The Morgan fingerprint density at radius 1 is 1.48 bits per heavy atom. The van der Waals surface area contributed by atoms with Gasteiger partial charge in [-0.2, -0.15) is 0 Å². The van der Waals surface area contributed by atoms with E-state index in [4.69, 9.17) is 10.8 Å². The summed E-state index contributed by atoms with van der Waals surface area (Å²) in [6.45, 7) is 0. The first-order valence-electron chi connectivity index (χ1n) is 5.88. The number of nitro groups is 1. The number of nitrogens with two attached hydrogens (primary N) is 1. The third-order valence-electron chi connectivity index (χ3n) is 2.77. The number of phenolic OH excluding ortho intramolecular Hbond substituents is 1. The summed E-state index contributed by atoms with van der Waals surface area (Å²) in [5.41, 5.74) is 4.89. The van der Waals surface area contributed by atoms with E-state index in [0.717, 1.165) is 12.1 Å². The lowest BCUT2D eigenvalue weighted by atomic mass is 10.2. The van der Waals surface area contributed by atoms with Crippen molar-refractivity contribution in [2.75, 3.05) is 6.16 Å². The monoisotopic (exact) mass is 318 g/mol. The van der Waals surface area contributed by atoms with Crippen molar-refractivity contribution < 1.29 is 29.4 Å². The van der Waals surface area contributed by atoms with Crippen molar-refractivity contribution in [3.05, 3.63) is 33.9 Å². The average molecular weight is 318 g/mol. The maximum absolute atomic E-state index is 12.0. The maximum atomic E-state index is 12.0. The molecule has 9 nitrogen and oxygen atoms in total. The first kappa shape index (κ1) is 17.1. The van der Waals surface area contributed by atoms with Gasteiger partial charge >= 0.3 is 11.7 Å². The molecular weight excluding hydrogens is 303 g/mol. The SMILES string of the molecule is N[C@@H](CCP(=O)(O)Cc1ccc(O)c([N+](=O)[O-])c1)C(=O)O. The smallest absolute Gasteiger partial charge is 0.320 e. The van der Waals surface area contributed by atoms with Gasteiger partial charge in [0.1, 0.15) is 6.04 Å². The van der Waals surface area contributed by atoms with E-state index in [2.05, 4.69) is 0 Å². The molecular formula is C11H15N2O7P. The topological polar surface area (TPSA) is 164 Å². The third kappa shape index (κ3) is 5.14. The quantitative estimate of drug-likeness (QED) is 0.326. The first-order valence-corrected chi connectivity index (χ1v) is 7.91. The standard InChI is InChI=1S/C11H15N2O7P/c12-8(11(15)16)3-4-21(19,20)6-7-1-2-10(14)9(5-7)13(17)18/h1-2,5,8,14H,3-4,6,12H2,(H,15,16)(H,19,20)/t8-/m0/s1. The summed E-state index contributed by atoms with van der Waals surface area (Å²) in [6, 6.07) is 2.13. The average Bonchev–Trinajstić information content (AvgIpc) is 2.37. The molecule has 21 heavy (non-hydrogen) atoms. The number of nitrogens with zero attached hydrogens (tertiary/aromatic N) is 1. The van der Waals surface area contributed by atoms with Crippen molar-refractivity contribution >= 4 is 19.0 Å². The molecule has 0 aromatic heterocycles. The zero-order valence-corrected chi connectivity index (χ0v) is 11.8. The Balaban J connectivity index is 2.80. The summed E-state index contributed by atoms with van der Waals surface area (Å²) in [5, 5.41) is 28.5. The lowest BCUT2D eigenvalue weighted by Crippen LogP contribution is -2.30. The molecule has 0 amide bonds. The minimum Gasteiger partial charge on any atom is -0.502 e. The molecule has 1 aromatic rings. The summed E-state index contributed by atoms with van der Waals surface area (Å²) >= 11 is 0. The molecule has 0 radical (unpaired) electrons. The van der Waals surface area contributed by atoms with Crippen LogP contribution in [0.2, 0.25) is 0 Å². The van der Waals surface area contributed by atoms with E-state index in [1.165, 1.54) is 6.07 Å². The number of nitro benzene ring substituents is 1. The molecule has 0 saturated carbocycles. The summed E-state index contributed by atoms with van der Waals surface area (Å²) < 4.78 is 12.0. The second-order valence-electron chi connectivity index (χ2n) is 4.54. The van der Waals surface area contributed by atoms with Crippen LogP contribution in [0.15, 0.2) is 18.2 Å². The molecule has 116 valence electrons. The Morgan fingerprint density at radius 2 is 2.10 bits per heavy atom. The van der Waals surface area contributed by atoms with Crippen LogP contribution in [0.3, 0.4) is 0 Å². The molecule has 0 saturated heterocycles. The fourth-order valence-corrected chi connectivity index (χ4v) is 3.25. The van der Waals surface area contributed by atoms with Gasteiger partial charge in [-0.1, -0.05) is 6.07 Å². The fourth-order valence-electron chi connectivity index (χ4n) is 1.64. The van der Waals surface area contributed by atoms with E-state index in [0.29, 0.717) is 0 Å². The molecule has 0 aliphatic carbocycles. The van der Waals surface area contributed by atoms with Gasteiger partial charge in [0, 0.05) is 18.4 Å². The summed E-state index contributed by atoms with van der Waals surface area (Å²) in [6.07, 6.45) is -0.848. The van der Waals surface area contributed by atoms with E-state index in [1.54, 1.807) is 0 Å². The van der Waals surface area contributed by atoms with Gasteiger partial charge in [0.25, 0.3) is 0 Å². The Morgan fingerprint density at radius 3 is 2.62 bits per heavy atom. The van der Waals surface area contributed by atoms with Crippen molar-refractivity contribution in [1.82, 2.24) is 0 Å². The zero-order chi connectivity index (χ0) is 16.2. The van der Waals surface area contributed by atoms with Gasteiger partial charge in [0.05, 0.1) is 4.92 Å². The van der Waals surface area contributed by atoms with Crippen LogP contribution in [-0.2, 0) is 15.5 Å². The van der Waals surface area contributed by atoms with Gasteiger partial charge < -0.3 is 20.8 Å². The summed E-state index contributed by atoms with van der Waals surface area (Å²) in [7, 11) is -3.72. The van der Waals surface area contributed by atoms with Crippen LogP contribution in [0.4, 0.5) is 5.69 Å². The van der Waals surface area contributed by atoms with E-state index in [-0.39, 0.29) is 24.3 Å². The van der Waals surface area contributed by atoms with Crippen LogP contribution in [-0.4, -0.2) is 38.2 Å². The minimum absolute atomic E-state index is 0.177. The number of aliphatic carboxylic acids is 1. The molecule has 0 fully saturated rings. The molecule has 0 aliphatic heterocycles. The highest BCUT2D eigenvalue weighted by atomic mass is 31.2. The molecule has 2 atom stereocenters. The van der Waals surface area contributed by atoms with E-state index in [1.807, 2.05) is 0 Å².